The molecule has 1 aromatic heterocycles. The van der Waals surface area contributed by atoms with E-state index in [1.807, 2.05) is 6.20 Å². The lowest BCUT2D eigenvalue weighted by Crippen LogP contribution is -2.26. The minimum atomic E-state index is 0.509. The Morgan fingerprint density at radius 1 is 1.44 bits per heavy atom. The van der Waals surface area contributed by atoms with E-state index in [9.17, 15) is 0 Å². The number of anilines is 1. The molecule has 1 aliphatic rings. The van der Waals surface area contributed by atoms with Gasteiger partial charge in [0.1, 0.15) is 0 Å². The summed E-state index contributed by atoms with van der Waals surface area (Å²) >= 11 is 0. The van der Waals surface area contributed by atoms with E-state index in [2.05, 4.69) is 41.8 Å². The van der Waals surface area contributed by atoms with E-state index in [4.69, 9.17) is 0 Å². The van der Waals surface area contributed by atoms with Gasteiger partial charge in [-0.2, -0.15) is 0 Å². The minimum absolute atomic E-state index is 0.509. The predicted octanol–water partition coefficient (Wildman–Crippen LogP) is 3.45. The topological polar surface area (TPSA) is 29.9 Å². The lowest BCUT2D eigenvalue weighted by atomic mass is 9.96. The maximum atomic E-state index is 4.42. The quantitative estimate of drug-likeness (QED) is 0.797. The molecule has 16 heavy (non-hydrogen) atoms. The molecule has 0 aromatic carbocycles. The van der Waals surface area contributed by atoms with Gasteiger partial charge in [-0.25, -0.2) is 4.98 Å². The maximum Gasteiger partial charge on any atom is 0.203 e. The van der Waals surface area contributed by atoms with Crippen LogP contribution >= 0.6 is 0 Å². The fourth-order valence-electron chi connectivity index (χ4n) is 2.39. The van der Waals surface area contributed by atoms with Crippen molar-refractivity contribution in [1.29, 1.82) is 0 Å². The van der Waals surface area contributed by atoms with Crippen LogP contribution < -0.4 is 5.32 Å². The average Bonchev–Trinajstić information content (AvgIpc) is 3.02. The van der Waals surface area contributed by atoms with E-state index in [0.717, 1.165) is 11.9 Å². The van der Waals surface area contributed by atoms with E-state index < -0.39 is 0 Å². The largest absolute Gasteiger partial charge is 0.353 e. The van der Waals surface area contributed by atoms with Crippen molar-refractivity contribution in [3.8, 4) is 0 Å². The number of hydrogen-bond donors (Lipinski definition) is 1. The highest BCUT2D eigenvalue weighted by Crippen LogP contribution is 2.37. The third-order valence-corrected chi connectivity index (χ3v) is 3.72. The highest BCUT2D eigenvalue weighted by molar-refractivity contribution is 5.29. The van der Waals surface area contributed by atoms with Crippen molar-refractivity contribution in [2.45, 2.75) is 58.5 Å². The Morgan fingerprint density at radius 2 is 2.12 bits per heavy atom. The van der Waals surface area contributed by atoms with Crippen molar-refractivity contribution >= 4 is 5.95 Å². The van der Waals surface area contributed by atoms with Gasteiger partial charge in [0, 0.05) is 24.5 Å². The van der Waals surface area contributed by atoms with E-state index in [0.29, 0.717) is 12.1 Å². The molecule has 2 rings (SSSR count). The molecule has 1 heterocycles. The van der Waals surface area contributed by atoms with Gasteiger partial charge in [0.15, 0.2) is 0 Å². The Bertz CT molecular complexity index is 324. The summed E-state index contributed by atoms with van der Waals surface area (Å²) in [6, 6.07) is 1.22. The number of aromatic nitrogens is 2. The molecule has 0 saturated heterocycles. The van der Waals surface area contributed by atoms with Crippen LogP contribution in [0.3, 0.4) is 0 Å². The van der Waals surface area contributed by atoms with Gasteiger partial charge in [-0.05, 0) is 25.7 Å². The Balaban J connectivity index is 1.99. The standard InChI is InChI=1S/C13H23N3/c1-4-11(5-2)10(3)15-13-14-8-9-16(13)12-6-7-12/h8-12H,4-7H2,1-3H3,(H,14,15). The first-order valence-electron chi connectivity index (χ1n) is 6.55. The second-order valence-corrected chi connectivity index (χ2v) is 4.90. The Hall–Kier alpha value is -0.990. The molecular weight excluding hydrogens is 198 g/mol. The van der Waals surface area contributed by atoms with Gasteiger partial charge in [0.05, 0.1) is 0 Å². The number of nitrogens with one attached hydrogen (secondary N) is 1. The lowest BCUT2D eigenvalue weighted by molar-refractivity contribution is 0.434. The van der Waals surface area contributed by atoms with E-state index in [1.165, 1.54) is 25.7 Å². The molecule has 3 heteroatoms. The molecule has 1 unspecified atom stereocenters. The predicted molar refractivity (Wildman–Crippen MR) is 67.7 cm³/mol. The molecule has 1 saturated carbocycles. The van der Waals surface area contributed by atoms with Crippen molar-refractivity contribution in [1.82, 2.24) is 9.55 Å². The summed E-state index contributed by atoms with van der Waals surface area (Å²) in [6.45, 7) is 6.79. The van der Waals surface area contributed by atoms with Gasteiger partial charge in [-0.3, -0.25) is 0 Å². The Morgan fingerprint density at radius 3 is 2.69 bits per heavy atom. The molecule has 0 spiro atoms. The van der Waals surface area contributed by atoms with Gasteiger partial charge in [-0.15, -0.1) is 0 Å². The first kappa shape index (κ1) is 11.5. The minimum Gasteiger partial charge on any atom is -0.353 e. The van der Waals surface area contributed by atoms with Crippen LogP contribution in [0.1, 0.15) is 52.5 Å². The summed E-state index contributed by atoms with van der Waals surface area (Å²) in [5.41, 5.74) is 0. The molecule has 0 bridgehead atoms. The van der Waals surface area contributed by atoms with Crippen molar-refractivity contribution in [3.05, 3.63) is 12.4 Å². The summed E-state index contributed by atoms with van der Waals surface area (Å²) in [5, 5.41) is 3.57. The van der Waals surface area contributed by atoms with Crippen LogP contribution in [0.4, 0.5) is 5.95 Å². The normalized spacial score (nSPS) is 17.8. The van der Waals surface area contributed by atoms with Crippen LogP contribution in [0.2, 0.25) is 0 Å². The fraction of sp³-hybridized carbons (Fsp3) is 0.769. The summed E-state index contributed by atoms with van der Waals surface area (Å²) in [4.78, 5) is 4.42. The van der Waals surface area contributed by atoms with Crippen molar-refractivity contribution < 1.29 is 0 Å². The molecule has 0 aliphatic heterocycles. The van der Waals surface area contributed by atoms with Crippen molar-refractivity contribution in [2.75, 3.05) is 5.32 Å². The maximum absolute atomic E-state index is 4.42. The number of rotatable bonds is 6. The molecule has 1 fully saturated rings. The molecule has 1 aromatic rings. The third kappa shape index (κ3) is 2.39. The van der Waals surface area contributed by atoms with Crippen molar-refractivity contribution in [3.63, 3.8) is 0 Å². The first-order valence-corrected chi connectivity index (χ1v) is 6.55. The average molecular weight is 221 g/mol. The lowest BCUT2D eigenvalue weighted by Gasteiger charge is -2.23. The fourth-order valence-corrected chi connectivity index (χ4v) is 2.39. The van der Waals surface area contributed by atoms with Gasteiger partial charge < -0.3 is 9.88 Å². The smallest absolute Gasteiger partial charge is 0.203 e. The van der Waals surface area contributed by atoms with Gasteiger partial charge in [0.2, 0.25) is 5.95 Å². The summed E-state index contributed by atoms with van der Waals surface area (Å²) in [5.74, 6) is 1.80. The van der Waals surface area contributed by atoms with E-state index in [-0.39, 0.29) is 0 Å². The van der Waals surface area contributed by atoms with Crippen LogP contribution in [-0.2, 0) is 0 Å². The molecule has 0 radical (unpaired) electrons. The summed E-state index contributed by atoms with van der Waals surface area (Å²) < 4.78 is 2.29. The molecule has 3 nitrogen and oxygen atoms in total. The molecule has 1 aliphatic carbocycles. The van der Waals surface area contributed by atoms with Crippen LogP contribution in [0.15, 0.2) is 12.4 Å². The highest BCUT2D eigenvalue weighted by atomic mass is 15.2. The molecule has 1 N–H and O–H groups in total. The zero-order valence-corrected chi connectivity index (χ0v) is 10.6. The van der Waals surface area contributed by atoms with Crippen LogP contribution in [0.25, 0.3) is 0 Å². The number of nitrogens with zero attached hydrogens (tertiary/aromatic N) is 2. The molecular formula is C13H23N3. The molecule has 90 valence electrons. The second kappa shape index (κ2) is 4.89. The Kier molecular flexibility index (Phi) is 3.52. The third-order valence-electron chi connectivity index (χ3n) is 3.72. The van der Waals surface area contributed by atoms with Crippen LogP contribution in [0, 0.1) is 5.92 Å². The van der Waals surface area contributed by atoms with E-state index in [1.54, 1.807) is 0 Å². The van der Waals surface area contributed by atoms with Crippen LogP contribution in [-0.4, -0.2) is 15.6 Å². The van der Waals surface area contributed by atoms with E-state index >= 15 is 0 Å². The van der Waals surface area contributed by atoms with Gasteiger partial charge in [0.25, 0.3) is 0 Å². The van der Waals surface area contributed by atoms with Gasteiger partial charge in [-0.1, -0.05) is 26.7 Å². The zero-order chi connectivity index (χ0) is 11.5. The number of hydrogen-bond acceptors (Lipinski definition) is 2. The SMILES string of the molecule is CCC(CC)C(C)Nc1nccn1C1CC1. The zero-order valence-electron chi connectivity index (χ0n) is 10.6. The summed E-state index contributed by atoms with van der Waals surface area (Å²) in [6.07, 6.45) is 9.08. The van der Waals surface area contributed by atoms with Crippen LogP contribution in [0.5, 0.6) is 0 Å². The number of imidazole rings is 1. The molecule has 0 amide bonds. The van der Waals surface area contributed by atoms with Gasteiger partial charge >= 0.3 is 0 Å². The summed E-state index contributed by atoms with van der Waals surface area (Å²) in [7, 11) is 0. The first-order chi connectivity index (χ1) is 7.76. The highest BCUT2D eigenvalue weighted by Gasteiger charge is 2.26. The van der Waals surface area contributed by atoms with Crippen molar-refractivity contribution in [2.24, 2.45) is 5.92 Å². The Labute approximate surface area is 98.3 Å². The monoisotopic (exact) mass is 221 g/mol. The molecule has 1 atom stereocenters. The second-order valence-electron chi connectivity index (χ2n) is 4.90.